The lowest BCUT2D eigenvalue weighted by atomic mass is 10.1. The summed E-state index contributed by atoms with van der Waals surface area (Å²) >= 11 is 6.06. The summed E-state index contributed by atoms with van der Waals surface area (Å²) in [6, 6.07) is 4.80. The number of hydrogen-bond donors (Lipinski definition) is 2. The maximum absolute atomic E-state index is 14.8. The lowest BCUT2D eigenvalue weighted by Gasteiger charge is -2.22. The van der Waals surface area contributed by atoms with Crippen molar-refractivity contribution in [3.8, 4) is 5.69 Å². The number of H-pyrrole nitrogens is 1. The van der Waals surface area contributed by atoms with Gasteiger partial charge in [0.1, 0.15) is 40.8 Å². The summed E-state index contributed by atoms with van der Waals surface area (Å²) in [7, 11) is 0. The van der Waals surface area contributed by atoms with E-state index in [1.165, 1.54) is 24.8 Å². The van der Waals surface area contributed by atoms with Crippen LogP contribution in [0.15, 0.2) is 47.8 Å². The predicted molar refractivity (Wildman–Crippen MR) is 121 cm³/mol. The molecule has 34 heavy (non-hydrogen) atoms. The molecule has 1 unspecified atom stereocenters. The van der Waals surface area contributed by atoms with Crippen LogP contribution in [0.1, 0.15) is 25.2 Å². The molecular weight excluding hydrogens is 471 g/mol. The summed E-state index contributed by atoms with van der Waals surface area (Å²) in [5, 5.41) is 2.36. The number of para-hydroxylation sites is 1. The first kappa shape index (κ1) is 21.8. The summed E-state index contributed by atoms with van der Waals surface area (Å²) in [5.41, 5.74) is -0.588. The van der Waals surface area contributed by atoms with E-state index in [0.717, 1.165) is 22.8 Å². The molecule has 1 atom stereocenters. The van der Waals surface area contributed by atoms with Crippen LogP contribution in [0.25, 0.3) is 27.8 Å². The zero-order chi connectivity index (χ0) is 24.0. The van der Waals surface area contributed by atoms with Crippen LogP contribution in [0.4, 0.5) is 19.0 Å². The second kappa shape index (κ2) is 8.41. The second-order valence-corrected chi connectivity index (χ2v) is 7.74. The topological polar surface area (TPSA) is 101 Å². The monoisotopic (exact) mass is 485 g/mol. The van der Waals surface area contributed by atoms with Gasteiger partial charge in [-0.1, -0.05) is 24.6 Å². The van der Waals surface area contributed by atoms with Crippen LogP contribution in [-0.4, -0.2) is 29.5 Å². The average Bonchev–Trinajstić information content (AvgIpc) is 3.30. The van der Waals surface area contributed by atoms with Gasteiger partial charge in [-0.3, -0.25) is 9.36 Å². The lowest BCUT2D eigenvalue weighted by Crippen LogP contribution is -2.30. The lowest BCUT2D eigenvalue weighted by molar-refractivity contribution is 0.553. The van der Waals surface area contributed by atoms with Crippen molar-refractivity contribution < 1.29 is 13.2 Å². The molecule has 2 N–H and O–H groups in total. The Hall–Kier alpha value is -3.99. The summed E-state index contributed by atoms with van der Waals surface area (Å²) in [6.07, 6.45) is 3.09. The van der Waals surface area contributed by atoms with Crippen LogP contribution in [0.3, 0.4) is 0 Å². The molecule has 0 amide bonds. The molecule has 3 aromatic heterocycles. The Morgan fingerprint density at radius 3 is 2.59 bits per heavy atom. The fourth-order valence-corrected chi connectivity index (χ4v) is 4.00. The molecule has 0 aliphatic carbocycles. The SMILES string of the molecule is CCC(Nc1ncnc2[nH]cnc12)c1nc2ccc(F)c(Cl)c2c(=O)n1-c1c(F)cccc1F. The highest BCUT2D eigenvalue weighted by Crippen LogP contribution is 2.30. The number of aromatic amines is 1. The van der Waals surface area contributed by atoms with E-state index >= 15 is 0 Å². The minimum absolute atomic E-state index is 0.0195. The highest BCUT2D eigenvalue weighted by atomic mass is 35.5. The Kier molecular flexibility index (Phi) is 5.40. The molecular formula is C22H15ClF3N7O. The third kappa shape index (κ3) is 3.45. The molecule has 3 heterocycles. The summed E-state index contributed by atoms with van der Waals surface area (Å²) in [5.74, 6) is -2.54. The van der Waals surface area contributed by atoms with Gasteiger partial charge >= 0.3 is 0 Å². The van der Waals surface area contributed by atoms with Gasteiger partial charge in [-0.15, -0.1) is 0 Å². The normalized spacial score (nSPS) is 12.4. The Bertz CT molecular complexity index is 1600. The molecule has 0 saturated carbocycles. The third-order valence-corrected chi connectivity index (χ3v) is 5.73. The van der Waals surface area contributed by atoms with E-state index in [0.29, 0.717) is 23.4 Å². The van der Waals surface area contributed by atoms with Crippen molar-refractivity contribution in [3.63, 3.8) is 0 Å². The molecule has 0 saturated heterocycles. The van der Waals surface area contributed by atoms with E-state index in [1.807, 2.05) is 0 Å². The van der Waals surface area contributed by atoms with Gasteiger partial charge in [0.05, 0.1) is 28.3 Å². The van der Waals surface area contributed by atoms with E-state index in [9.17, 15) is 18.0 Å². The van der Waals surface area contributed by atoms with Crippen molar-refractivity contribution in [2.75, 3.05) is 5.32 Å². The third-order valence-electron chi connectivity index (χ3n) is 5.36. The zero-order valence-electron chi connectivity index (χ0n) is 17.5. The Labute approximate surface area is 194 Å². The van der Waals surface area contributed by atoms with Crippen molar-refractivity contribution in [2.24, 2.45) is 0 Å². The fourth-order valence-electron chi connectivity index (χ4n) is 3.76. The van der Waals surface area contributed by atoms with Gasteiger partial charge < -0.3 is 10.3 Å². The van der Waals surface area contributed by atoms with Gasteiger partial charge in [-0.05, 0) is 30.7 Å². The van der Waals surface area contributed by atoms with Gasteiger partial charge in [0, 0.05) is 0 Å². The summed E-state index contributed by atoms with van der Waals surface area (Å²) in [6.45, 7) is 1.79. The molecule has 5 aromatic rings. The molecule has 0 spiro atoms. The summed E-state index contributed by atoms with van der Waals surface area (Å²) < 4.78 is 44.6. The number of benzene rings is 2. The van der Waals surface area contributed by atoms with Gasteiger partial charge in [0.15, 0.2) is 11.5 Å². The number of nitrogens with one attached hydrogen (secondary N) is 2. The average molecular weight is 486 g/mol. The van der Waals surface area contributed by atoms with Gasteiger partial charge in [-0.2, -0.15) is 0 Å². The minimum atomic E-state index is -0.997. The molecule has 0 radical (unpaired) electrons. The van der Waals surface area contributed by atoms with Gasteiger partial charge in [0.25, 0.3) is 5.56 Å². The summed E-state index contributed by atoms with van der Waals surface area (Å²) in [4.78, 5) is 33.3. The number of hydrogen-bond acceptors (Lipinski definition) is 6. The standard InChI is InChI=1S/C22H15ClF3N7O/c1-2-13(31-20-17-19(28-8-27-17)29-9-30-20)21-32-14-7-6-10(24)16(23)15(14)22(34)33(21)18-11(25)4-3-5-12(18)26/h3-9,13H,2H2,1H3,(H2,27,28,29,30,31). The zero-order valence-corrected chi connectivity index (χ0v) is 18.2. The van der Waals surface area contributed by atoms with Crippen molar-refractivity contribution in [1.82, 2.24) is 29.5 Å². The van der Waals surface area contributed by atoms with Crippen molar-refractivity contribution in [3.05, 3.63) is 81.6 Å². The fraction of sp³-hybridized carbons (Fsp3) is 0.136. The number of imidazole rings is 1. The molecule has 0 aliphatic heterocycles. The number of aromatic nitrogens is 6. The minimum Gasteiger partial charge on any atom is -0.358 e. The molecule has 5 rings (SSSR count). The van der Waals surface area contributed by atoms with E-state index in [1.54, 1.807) is 6.92 Å². The van der Waals surface area contributed by atoms with Crippen molar-refractivity contribution >= 4 is 39.5 Å². The van der Waals surface area contributed by atoms with E-state index in [-0.39, 0.29) is 16.7 Å². The molecule has 172 valence electrons. The van der Waals surface area contributed by atoms with Crippen LogP contribution in [0.5, 0.6) is 0 Å². The molecule has 0 aliphatic rings. The number of fused-ring (bicyclic) bond motifs is 2. The number of rotatable bonds is 5. The quantitative estimate of drug-likeness (QED) is 0.374. The molecule has 8 nitrogen and oxygen atoms in total. The highest BCUT2D eigenvalue weighted by molar-refractivity contribution is 6.35. The van der Waals surface area contributed by atoms with Crippen LogP contribution in [-0.2, 0) is 0 Å². The van der Waals surface area contributed by atoms with Crippen LogP contribution in [0.2, 0.25) is 5.02 Å². The first-order valence-corrected chi connectivity index (χ1v) is 10.5. The largest absolute Gasteiger partial charge is 0.358 e. The Morgan fingerprint density at radius 1 is 1.09 bits per heavy atom. The van der Waals surface area contributed by atoms with E-state index in [2.05, 4.69) is 30.2 Å². The number of halogens is 4. The van der Waals surface area contributed by atoms with E-state index in [4.69, 9.17) is 11.6 Å². The van der Waals surface area contributed by atoms with Crippen LogP contribution >= 0.6 is 11.6 Å². The smallest absolute Gasteiger partial charge is 0.267 e. The predicted octanol–water partition coefficient (Wildman–Crippen LogP) is 4.69. The Balaban J connectivity index is 1.81. The van der Waals surface area contributed by atoms with E-state index < -0.39 is 39.8 Å². The van der Waals surface area contributed by atoms with Crippen molar-refractivity contribution in [1.29, 1.82) is 0 Å². The number of anilines is 1. The van der Waals surface area contributed by atoms with Crippen molar-refractivity contribution in [2.45, 2.75) is 19.4 Å². The molecule has 12 heteroatoms. The molecule has 0 bridgehead atoms. The first-order valence-electron chi connectivity index (χ1n) is 10.2. The van der Waals surface area contributed by atoms with Gasteiger partial charge in [0.2, 0.25) is 0 Å². The Morgan fingerprint density at radius 2 is 1.85 bits per heavy atom. The maximum atomic E-state index is 14.8. The van der Waals surface area contributed by atoms with Crippen LogP contribution < -0.4 is 10.9 Å². The second-order valence-electron chi connectivity index (χ2n) is 7.36. The molecule has 2 aromatic carbocycles. The highest BCUT2D eigenvalue weighted by Gasteiger charge is 2.26. The van der Waals surface area contributed by atoms with Crippen LogP contribution in [0, 0.1) is 17.5 Å². The maximum Gasteiger partial charge on any atom is 0.267 e. The van der Waals surface area contributed by atoms with Gasteiger partial charge in [-0.25, -0.2) is 33.1 Å². The first-order chi connectivity index (χ1) is 16.4. The molecule has 0 fully saturated rings. The number of nitrogens with zero attached hydrogens (tertiary/aromatic N) is 5.